The van der Waals surface area contributed by atoms with Crippen molar-refractivity contribution in [3.8, 4) is 0 Å². The quantitative estimate of drug-likeness (QED) is 0.879. The molecule has 0 aliphatic carbocycles. The number of nitrogens with zero attached hydrogens (tertiary/aromatic N) is 1. The first kappa shape index (κ1) is 13.1. The Bertz CT molecular complexity index is 399. The predicted molar refractivity (Wildman–Crippen MR) is 73.6 cm³/mol. The van der Waals surface area contributed by atoms with Gasteiger partial charge in [0.2, 0.25) is 5.91 Å². The Kier molecular flexibility index (Phi) is 4.37. The van der Waals surface area contributed by atoms with Crippen LogP contribution in [0.2, 0.25) is 0 Å². The smallest absolute Gasteiger partial charge is 0.227 e. The van der Waals surface area contributed by atoms with Crippen LogP contribution in [0.5, 0.6) is 0 Å². The molecule has 1 amide bonds. The van der Waals surface area contributed by atoms with E-state index in [4.69, 9.17) is 0 Å². The lowest BCUT2D eigenvalue weighted by Crippen LogP contribution is -2.52. The zero-order chi connectivity index (χ0) is 13.0. The van der Waals surface area contributed by atoms with Crippen LogP contribution in [0.25, 0.3) is 0 Å². The average Bonchev–Trinajstić information content (AvgIpc) is 2.40. The number of aryl methyl sites for hydroxylation is 1. The summed E-state index contributed by atoms with van der Waals surface area (Å²) in [6.45, 7) is 6.88. The van der Waals surface area contributed by atoms with Gasteiger partial charge in [-0.3, -0.25) is 4.79 Å². The molecule has 0 bridgehead atoms. The van der Waals surface area contributed by atoms with Gasteiger partial charge in [0.25, 0.3) is 0 Å². The highest BCUT2D eigenvalue weighted by molar-refractivity contribution is 5.79. The molecular formula is C15H22N2O. The van der Waals surface area contributed by atoms with Gasteiger partial charge in [-0.05, 0) is 24.5 Å². The van der Waals surface area contributed by atoms with E-state index in [9.17, 15) is 4.79 Å². The summed E-state index contributed by atoms with van der Waals surface area (Å²) in [5, 5.41) is 3.30. The van der Waals surface area contributed by atoms with E-state index in [1.54, 1.807) is 0 Å². The fourth-order valence-corrected chi connectivity index (χ4v) is 2.38. The number of carbonyl (C=O) groups excluding carboxylic acids is 1. The topological polar surface area (TPSA) is 32.3 Å². The monoisotopic (exact) mass is 246 g/mol. The fraction of sp³-hybridized carbons (Fsp3) is 0.533. The minimum Gasteiger partial charge on any atom is -0.337 e. The van der Waals surface area contributed by atoms with Gasteiger partial charge in [-0.2, -0.15) is 0 Å². The fourth-order valence-electron chi connectivity index (χ4n) is 2.38. The maximum absolute atomic E-state index is 12.2. The molecule has 2 rings (SSSR count). The molecule has 1 aliphatic heterocycles. The molecule has 1 aliphatic rings. The first-order chi connectivity index (χ1) is 8.70. The van der Waals surface area contributed by atoms with Crippen LogP contribution in [0.1, 0.15) is 25.0 Å². The van der Waals surface area contributed by atoms with E-state index in [1.807, 2.05) is 4.90 Å². The number of carbonyl (C=O) groups is 1. The normalized spacial score (nSPS) is 19.9. The Morgan fingerprint density at radius 1 is 1.33 bits per heavy atom. The summed E-state index contributed by atoms with van der Waals surface area (Å²) in [5.74, 6) is 0.244. The molecule has 1 N–H and O–H groups in total. The number of hydrogen-bond acceptors (Lipinski definition) is 2. The lowest BCUT2D eigenvalue weighted by atomic mass is 10.1. The van der Waals surface area contributed by atoms with Crippen LogP contribution in [0.15, 0.2) is 24.3 Å². The molecule has 3 heteroatoms. The Labute approximate surface area is 109 Å². The summed E-state index contributed by atoms with van der Waals surface area (Å²) < 4.78 is 0. The van der Waals surface area contributed by atoms with E-state index in [0.29, 0.717) is 12.5 Å². The molecule has 1 aromatic carbocycles. The second-order valence-electron chi connectivity index (χ2n) is 4.99. The van der Waals surface area contributed by atoms with Crippen LogP contribution in [-0.4, -0.2) is 36.5 Å². The van der Waals surface area contributed by atoms with Crippen LogP contribution in [-0.2, 0) is 17.6 Å². The zero-order valence-corrected chi connectivity index (χ0v) is 11.3. The molecule has 3 nitrogen and oxygen atoms in total. The van der Waals surface area contributed by atoms with Crippen molar-refractivity contribution in [2.24, 2.45) is 0 Å². The standard InChI is InChI=1S/C15H22N2O/c1-3-13-4-6-14(7-5-13)10-15(18)17-9-8-16-11-12(17)2/h4-7,12,16H,3,8-11H2,1-2H3. The molecule has 0 spiro atoms. The predicted octanol–water partition coefficient (Wildman–Crippen LogP) is 1.61. The summed E-state index contributed by atoms with van der Waals surface area (Å²) in [4.78, 5) is 14.2. The number of hydrogen-bond donors (Lipinski definition) is 1. The van der Waals surface area contributed by atoms with E-state index >= 15 is 0 Å². The summed E-state index contributed by atoms with van der Waals surface area (Å²) >= 11 is 0. The second kappa shape index (κ2) is 6.01. The Hall–Kier alpha value is -1.35. The lowest BCUT2D eigenvalue weighted by Gasteiger charge is -2.34. The summed E-state index contributed by atoms with van der Waals surface area (Å²) in [6, 6.07) is 8.68. The largest absolute Gasteiger partial charge is 0.337 e. The molecule has 1 aromatic rings. The molecule has 98 valence electrons. The highest BCUT2D eigenvalue weighted by Crippen LogP contribution is 2.10. The number of rotatable bonds is 3. The third-order valence-electron chi connectivity index (χ3n) is 3.61. The third kappa shape index (κ3) is 3.10. The Morgan fingerprint density at radius 3 is 2.61 bits per heavy atom. The molecule has 0 aromatic heterocycles. The molecule has 1 atom stereocenters. The molecule has 1 unspecified atom stereocenters. The molecule has 0 radical (unpaired) electrons. The van der Waals surface area contributed by atoms with Crippen molar-refractivity contribution < 1.29 is 4.79 Å². The van der Waals surface area contributed by atoms with Crippen molar-refractivity contribution in [3.63, 3.8) is 0 Å². The van der Waals surface area contributed by atoms with Gasteiger partial charge in [0, 0.05) is 25.7 Å². The minimum absolute atomic E-state index is 0.244. The molecule has 1 heterocycles. The van der Waals surface area contributed by atoms with E-state index in [0.717, 1.165) is 31.6 Å². The number of nitrogens with one attached hydrogen (secondary N) is 1. The van der Waals surface area contributed by atoms with Gasteiger partial charge in [0.15, 0.2) is 0 Å². The van der Waals surface area contributed by atoms with Gasteiger partial charge in [0.05, 0.1) is 6.42 Å². The van der Waals surface area contributed by atoms with Gasteiger partial charge in [-0.25, -0.2) is 0 Å². The minimum atomic E-state index is 0.244. The highest BCUT2D eigenvalue weighted by atomic mass is 16.2. The maximum atomic E-state index is 12.2. The first-order valence-corrected chi connectivity index (χ1v) is 6.78. The molecular weight excluding hydrogens is 224 g/mol. The van der Waals surface area contributed by atoms with E-state index in [2.05, 4.69) is 43.4 Å². The van der Waals surface area contributed by atoms with Crippen molar-refractivity contribution >= 4 is 5.91 Å². The molecule has 0 saturated carbocycles. The Morgan fingerprint density at radius 2 is 2.00 bits per heavy atom. The van der Waals surface area contributed by atoms with Gasteiger partial charge in [0.1, 0.15) is 0 Å². The van der Waals surface area contributed by atoms with Gasteiger partial charge in [-0.15, -0.1) is 0 Å². The van der Waals surface area contributed by atoms with Crippen LogP contribution < -0.4 is 5.32 Å². The lowest BCUT2D eigenvalue weighted by molar-refractivity contribution is -0.133. The summed E-state index contributed by atoms with van der Waals surface area (Å²) in [5.41, 5.74) is 2.43. The number of amides is 1. The zero-order valence-electron chi connectivity index (χ0n) is 11.3. The van der Waals surface area contributed by atoms with E-state index in [1.165, 1.54) is 5.56 Å². The summed E-state index contributed by atoms with van der Waals surface area (Å²) in [7, 11) is 0. The molecule has 1 fully saturated rings. The molecule has 1 saturated heterocycles. The highest BCUT2D eigenvalue weighted by Gasteiger charge is 2.22. The molecule has 18 heavy (non-hydrogen) atoms. The van der Waals surface area contributed by atoms with Crippen molar-refractivity contribution in [2.45, 2.75) is 32.7 Å². The van der Waals surface area contributed by atoms with Crippen molar-refractivity contribution in [2.75, 3.05) is 19.6 Å². The van der Waals surface area contributed by atoms with Crippen molar-refractivity contribution in [3.05, 3.63) is 35.4 Å². The van der Waals surface area contributed by atoms with Crippen LogP contribution in [0, 0.1) is 0 Å². The summed E-state index contributed by atoms with van der Waals surface area (Å²) in [6.07, 6.45) is 1.57. The second-order valence-corrected chi connectivity index (χ2v) is 4.99. The maximum Gasteiger partial charge on any atom is 0.227 e. The van der Waals surface area contributed by atoms with E-state index in [-0.39, 0.29) is 5.91 Å². The average molecular weight is 246 g/mol. The third-order valence-corrected chi connectivity index (χ3v) is 3.61. The van der Waals surface area contributed by atoms with Crippen LogP contribution in [0.4, 0.5) is 0 Å². The van der Waals surface area contributed by atoms with Crippen molar-refractivity contribution in [1.29, 1.82) is 0 Å². The van der Waals surface area contributed by atoms with Gasteiger partial charge < -0.3 is 10.2 Å². The van der Waals surface area contributed by atoms with Crippen molar-refractivity contribution in [1.82, 2.24) is 10.2 Å². The van der Waals surface area contributed by atoms with Gasteiger partial charge in [-0.1, -0.05) is 31.2 Å². The van der Waals surface area contributed by atoms with Crippen LogP contribution in [0.3, 0.4) is 0 Å². The van der Waals surface area contributed by atoms with Gasteiger partial charge >= 0.3 is 0 Å². The number of benzene rings is 1. The SMILES string of the molecule is CCc1ccc(CC(=O)N2CCNCC2C)cc1. The Balaban J connectivity index is 1.97. The number of piperazine rings is 1. The van der Waals surface area contributed by atoms with Crippen LogP contribution >= 0.6 is 0 Å². The first-order valence-electron chi connectivity index (χ1n) is 6.78. The van der Waals surface area contributed by atoms with E-state index < -0.39 is 0 Å².